The number of likely N-dealkylation sites (tertiary alicyclic amines) is 1. The summed E-state index contributed by atoms with van der Waals surface area (Å²) in [5.74, 6) is 1.16. The molecule has 1 aromatic rings. The number of hydrogen-bond acceptors (Lipinski definition) is 4. The van der Waals surface area contributed by atoms with Crippen LogP contribution in [0.2, 0.25) is 0 Å². The maximum absolute atomic E-state index is 11.9. The molecule has 5 nitrogen and oxygen atoms in total. The first-order valence-corrected chi connectivity index (χ1v) is 6.43. The highest BCUT2D eigenvalue weighted by Crippen LogP contribution is 2.15. The molecule has 0 aliphatic carbocycles. The number of hydrogen-bond donors (Lipinski definition) is 2. The van der Waals surface area contributed by atoms with Crippen molar-refractivity contribution in [2.75, 3.05) is 26.7 Å². The summed E-state index contributed by atoms with van der Waals surface area (Å²) in [6.07, 6.45) is 3.76. The second-order valence-electron chi connectivity index (χ2n) is 4.96. The summed E-state index contributed by atoms with van der Waals surface area (Å²) in [5, 5.41) is 2.96. The number of halogens is 2. The zero-order valence-corrected chi connectivity index (χ0v) is 13.3. The third kappa shape index (κ3) is 5.32. The second-order valence-corrected chi connectivity index (χ2v) is 4.96. The van der Waals surface area contributed by atoms with Crippen LogP contribution in [0.15, 0.2) is 16.7 Å². The molecule has 2 heterocycles. The van der Waals surface area contributed by atoms with Crippen molar-refractivity contribution in [1.29, 1.82) is 0 Å². The molecule has 20 heavy (non-hydrogen) atoms. The van der Waals surface area contributed by atoms with Crippen molar-refractivity contribution >= 4 is 30.7 Å². The van der Waals surface area contributed by atoms with Crippen molar-refractivity contribution < 1.29 is 9.21 Å². The third-order valence-electron chi connectivity index (χ3n) is 3.51. The number of carbonyl (C=O) groups excluding carboxylic acids is 1. The first kappa shape index (κ1) is 19.2. The lowest BCUT2D eigenvalue weighted by molar-refractivity contribution is 0.0938. The van der Waals surface area contributed by atoms with E-state index in [1.165, 1.54) is 6.26 Å². The van der Waals surface area contributed by atoms with Crippen molar-refractivity contribution in [1.82, 2.24) is 10.2 Å². The molecule has 0 atom stereocenters. The molecule has 1 fully saturated rings. The van der Waals surface area contributed by atoms with Gasteiger partial charge >= 0.3 is 0 Å². The van der Waals surface area contributed by atoms with Crippen LogP contribution in [0.3, 0.4) is 0 Å². The van der Waals surface area contributed by atoms with Crippen LogP contribution in [0.25, 0.3) is 0 Å². The topological polar surface area (TPSA) is 71.5 Å². The molecule has 2 rings (SSSR count). The molecule has 7 heteroatoms. The van der Waals surface area contributed by atoms with Gasteiger partial charge in [-0.2, -0.15) is 0 Å². The summed E-state index contributed by atoms with van der Waals surface area (Å²) in [6, 6.07) is 1.70. The van der Waals surface area contributed by atoms with Crippen LogP contribution in [0, 0.1) is 5.92 Å². The Morgan fingerprint density at radius 3 is 2.65 bits per heavy atom. The van der Waals surface area contributed by atoms with E-state index in [1.54, 1.807) is 6.07 Å². The van der Waals surface area contributed by atoms with Gasteiger partial charge in [-0.1, -0.05) is 0 Å². The average molecular weight is 324 g/mol. The lowest BCUT2D eigenvalue weighted by Crippen LogP contribution is -2.36. The van der Waals surface area contributed by atoms with Gasteiger partial charge in [-0.15, -0.1) is 24.8 Å². The van der Waals surface area contributed by atoms with E-state index in [-0.39, 0.29) is 30.7 Å². The van der Waals surface area contributed by atoms with Gasteiger partial charge in [0.2, 0.25) is 0 Å². The first-order chi connectivity index (χ1) is 8.69. The van der Waals surface area contributed by atoms with E-state index in [9.17, 15) is 4.79 Å². The predicted octanol–water partition coefficient (Wildman–Crippen LogP) is 1.65. The number of nitrogens with two attached hydrogens (primary N) is 1. The summed E-state index contributed by atoms with van der Waals surface area (Å²) < 4.78 is 5.15. The van der Waals surface area contributed by atoms with Gasteiger partial charge < -0.3 is 20.4 Å². The molecule has 1 amide bonds. The van der Waals surface area contributed by atoms with Gasteiger partial charge in [0.15, 0.2) is 0 Å². The molecule has 116 valence electrons. The van der Waals surface area contributed by atoms with Gasteiger partial charge in [0.1, 0.15) is 12.0 Å². The maximum atomic E-state index is 11.9. The molecule has 0 bridgehead atoms. The fraction of sp³-hybridized carbons (Fsp3) is 0.615. The van der Waals surface area contributed by atoms with Crippen molar-refractivity contribution in [3.63, 3.8) is 0 Å². The highest BCUT2D eigenvalue weighted by atomic mass is 35.5. The largest absolute Gasteiger partial charge is 0.467 e. The van der Waals surface area contributed by atoms with E-state index in [2.05, 4.69) is 17.3 Å². The van der Waals surface area contributed by atoms with E-state index < -0.39 is 0 Å². The first-order valence-electron chi connectivity index (χ1n) is 6.43. The molecule has 0 spiro atoms. The summed E-state index contributed by atoms with van der Waals surface area (Å²) in [7, 11) is 2.13. The Hall–Kier alpha value is -0.750. The number of amides is 1. The number of rotatable bonds is 4. The molecule has 1 aliphatic heterocycles. The summed E-state index contributed by atoms with van der Waals surface area (Å²) in [5.41, 5.74) is 6.00. The van der Waals surface area contributed by atoms with Crippen LogP contribution in [0.1, 0.15) is 29.0 Å². The van der Waals surface area contributed by atoms with Gasteiger partial charge in [0.25, 0.3) is 5.91 Å². The standard InChI is InChI=1S/C13H21N3O2.2ClH/c1-16-4-2-10(3-5-16)8-15-13(17)11-6-12(7-14)18-9-11;;/h6,9-10H,2-5,7-8,14H2,1H3,(H,15,17);2*1H. The Kier molecular flexibility index (Phi) is 8.89. The molecule has 0 saturated carbocycles. The Balaban J connectivity index is 0.00000180. The quantitative estimate of drug-likeness (QED) is 0.883. The lowest BCUT2D eigenvalue weighted by Gasteiger charge is -2.28. The molecule has 1 saturated heterocycles. The monoisotopic (exact) mass is 323 g/mol. The molecule has 0 radical (unpaired) electrons. The van der Waals surface area contributed by atoms with Crippen LogP contribution < -0.4 is 11.1 Å². The van der Waals surface area contributed by atoms with Crippen LogP contribution >= 0.6 is 24.8 Å². The minimum atomic E-state index is -0.0719. The molecular formula is C13H23Cl2N3O2. The smallest absolute Gasteiger partial charge is 0.254 e. The third-order valence-corrected chi connectivity index (χ3v) is 3.51. The van der Waals surface area contributed by atoms with Crippen molar-refractivity contribution in [3.8, 4) is 0 Å². The number of nitrogens with zero attached hydrogens (tertiary/aromatic N) is 1. The highest BCUT2D eigenvalue weighted by molar-refractivity contribution is 5.93. The van der Waals surface area contributed by atoms with E-state index in [0.29, 0.717) is 23.8 Å². The van der Waals surface area contributed by atoms with Crippen LogP contribution in [-0.4, -0.2) is 37.5 Å². The van der Waals surface area contributed by atoms with Crippen LogP contribution in [0.5, 0.6) is 0 Å². The number of carbonyl (C=O) groups is 1. The van der Waals surface area contributed by atoms with E-state index >= 15 is 0 Å². The lowest BCUT2D eigenvalue weighted by atomic mass is 9.97. The summed E-state index contributed by atoms with van der Waals surface area (Å²) in [4.78, 5) is 14.2. The van der Waals surface area contributed by atoms with Gasteiger partial charge in [-0.3, -0.25) is 4.79 Å². The Morgan fingerprint density at radius 1 is 1.45 bits per heavy atom. The van der Waals surface area contributed by atoms with Crippen molar-refractivity contribution in [3.05, 3.63) is 23.7 Å². The molecular weight excluding hydrogens is 301 g/mol. The van der Waals surface area contributed by atoms with E-state index in [4.69, 9.17) is 10.2 Å². The number of nitrogens with one attached hydrogen (secondary N) is 1. The Labute approximate surface area is 132 Å². The summed E-state index contributed by atoms with van der Waals surface area (Å²) in [6.45, 7) is 3.30. The van der Waals surface area contributed by atoms with E-state index in [0.717, 1.165) is 32.5 Å². The predicted molar refractivity (Wildman–Crippen MR) is 83.6 cm³/mol. The molecule has 1 aromatic heterocycles. The number of furan rings is 1. The Bertz CT molecular complexity index is 404. The second kappa shape index (κ2) is 9.23. The van der Waals surface area contributed by atoms with Gasteiger partial charge in [0.05, 0.1) is 12.1 Å². The maximum Gasteiger partial charge on any atom is 0.254 e. The van der Waals surface area contributed by atoms with Crippen molar-refractivity contribution in [2.45, 2.75) is 19.4 Å². The van der Waals surface area contributed by atoms with Crippen molar-refractivity contribution in [2.24, 2.45) is 11.7 Å². The van der Waals surface area contributed by atoms with Crippen LogP contribution in [-0.2, 0) is 6.54 Å². The highest BCUT2D eigenvalue weighted by Gasteiger charge is 2.18. The zero-order valence-electron chi connectivity index (χ0n) is 11.6. The zero-order chi connectivity index (χ0) is 13.0. The fourth-order valence-corrected chi connectivity index (χ4v) is 2.21. The minimum Gasteiger partial charge on any atom is -0.467 e. The molecule has 0 unspecified atom stereocenters. The minimum absolute atomic E-state index is 0. The Morgan fingerprint density at radius 2 is 2.10 bits per heavy atom. The summed E-state index contributed by atoms with van der Waals surface area (Å²) >= 11 is 0. The van der Waals surface area contributed by atoms with E-state index in [1.807, 2.05) is 0 Å². The molecule has 0 aromatic carbocycles. The van der Waals surface area contributed by atoms with Gasteiger partial charge in [-0.25, -0.2) is 0 Å². The van der Waals surface area contributed by atoms with Gasteiger partial charge in [-0.05, 0) is 45.0 Å². The molecule has 1 aliphatic rings. The van der Waals surface area contributed by atoms with Gasteiger partial charge in [0, 0.05) is 6.54 Å². The molecule has 3 N–H and O–H groups in total. The number of piperidine rings is 1. The SMILES string of the molecule is CN1CCC(CNC(=O)c2coc(CN)c2)CC1.Cl.Cl. The normalized spacial score (nSPS) is 16.1. The van der Waals surface area contributed by atoms with Crippen LogP contribution in [0.4, 0.5) is 0 Å². The average Bonchev–Trinajstić information content (AvgIpc) is 2.86. The fourth-order valence-electron chi connectivity index (χ4n) is 2.21.